The van der Waals surface area contributed by atoms with Crippen molar-refractivity contribution < 1.29 is 9.21 Å². The Labute approximate surface area is 119 Å². The zero-order valence-corrected chi connectivity index (χ0v) is 11.4. The maximum atomic E-state index is 12.4. The summed E-state index contributed by atoms with van der Waals surface area (Å²) in [5.74, 6) is 1.09. The molecule has 1 aliphatic carbocycles. The maximum Gasteiger partial charge on any atom is 0.223 e. The molecule has 0 saturated heterocycles. The number of furan rings is 1. The molecule has 3 rings (SSSR count). The van der Waals surface area contributed by atoms with Crippen molar-refractivity contribution >= 4 is 5.91 Å². The van der Waals surface area contributed by atoms with E-state index in [1.54, 1.807) is 6.26 Å². The molecular formula is C17H19NO2. The Morgan fingerprint density at radius 3 is 2.50 bits per heavy atom. The molecule has 20 heavy (non-hydrogen) atoms. The van der Waals surface area contributed by atoms with Crippen molar-refractivity contribution in [3.8, 4) is 0 Å². The summed E-state index contributed by atoms with van der Waals surface area (Å²) in [7, 11) is 0. The fourth-order valence-electron chi connectivity index (χ4n) is 2.87. The fourth-order valence-corrected chi connectivity index (χ4v) is 2.87. The minimum Gasteiger partial charge on any atom is -0.467 e. The molecular weight excluding hydrogens is 250 g/mol. The molecule has 1 amide bonds. The smallest absolute Gasteiger partial charge is 0.223 e. The molecule has 0 bridgehead atoms. The highest BCUT2D eigenvalue weighted by molar-refractivity contribution is 5.79. The van der Waals surface area contributed by atoms with Crippen LogP contribution in [0.3, 0.4) is 0 Å². The Balaban J connectivity index is 1.81. The van der Waals surface area contributed by atoms with Crippen molar-refractivity contribution in [2.24, 2.45) is 5.92 Å². The lowest BCUT2D eigenvalue weighted by Crippen LogP contribution is -2.33. The van der Waals surface area contributed by atoms with Crippen molar-refractivity contribution in [2.75, 3.05) is 0 Å². The molecule has 1 N–H and O–H groups in total. The van der Waals surface area contributed by atoms with Gasteiger partial charge < -0.3 is 9.73 Å². The van der Waals surface area contributed by atoms with Crippen molar-refractivity contribution in [2.45, 2.75) is 31.7 Å². The average molecular weight is 269 g/mol. The summed E-state index contributed by atoms with van der Waals surface area (Å²) in [6, 6.07) is 13.5. The van der Waals surface area contributed by atoms with Gasteiger partial charge in [-0.3, -0.25) is 4.79 Å². The first-order chi connectivity index (χ1) is 9.84. The zero-order chi connectivity index (χ0) is 13.8. The van der Waals surface area contributed by atoms with Gasteiger partial charge in [0.25, 0.3) is 0 Å². The standard InChI is InChI=1S/C17H19NO2/c19-17(14-9-4-5-10-14)18-16(15-11-6-12-20-15)13-7-2-1-3-8-13/h1-3,6-8,11-12,14,16H,4-5,9-10H2,(H,18,19)/t16-/m1/s1. The van der Waals surface area contributed by atoms with Crippen LogP contribution in [0.2, 0.25) is 0 Å². The Hall–Kier alpha value is -2.03. The number of amides is 1. The van der Waals surface area contributed by atoms with E-state index in [4.69, 9.17) is 4.42 Å². The predicted molar refractivity (Wildman–Crippen MR) is 77.1 cm³/mol. The van der Waals surface area contributed by atoms with E-state index in [2.05, 4.69) is 5.32 Å². The van der Waals surface area contributed by atoms with E-state index in [9.17, 15) is 4.79 Å². The summed E-state index contributed by atoms with van der Waals surface area (Å²) in [4.78, 5) is 12.4. The van der Waals surface area contributed by atoms with E-state index < -0.39 is 0 Å². The fraction of sp³-hybridized carbons (Fsp3) is 0.353. The third-order valence-corrected chi connectivity index (χ3v) is 3.97. The van der Waals surface area contributed by atoms with Gasteiger partial charge in [0.15, 0.2) is 0 Å². The van der Waals surface area contributed by atoms with Gasteiger partial charge in [0.05, 0.1) is 6.26 Å². The van der Waals surface area contributed by atoms with E-state index in [1.807, 2.05) is 42.5 Å². The van der Waals surface area contributed by atoms with E-state index in [-0.39, 0.29) is 17.9 Å². The van der Waals surface area contributed by atoms with Crippen LogP contribution >= 0.6 is 0 Å². The Kier molecular flexibility index (Phi) is 3.86. The van der Waals surface area contributed by atoms with Crippen LogP contribution in [0.15, 0.2) is 53.1 Å². The van der Waals surface area contributed by atoms with Crippen molar-refractivity contribution in [1.82, 2.24) is 5.32 Å². The molecule has 2 aromatic rings. The van der Waals surface area contributed by atoms with E-state index >= 15 is 0 Å². The van der Waals surface area contributed by atoms with Crippen molar-refractivity contribution in [3.05, 3.63) is 60.1 Å². The second kappa shape index (κ2) is 5.95. The van der Waals surface area contributed by atoms with Crippen molar-refractivity contribution in [3.63, 3.8) is 0 Å². The monoisotopic (exact) mass is 269 g/mol. The molecule has 1 aromatic heterocycles. The molecule has 0 unspecified atom stereocenters. The number of hydrogen-bond acceptors (Lipinski definition) is 2. The Morgan fingerprint density at radius 1 is 1.10 bits per heavy atom. The summed E-state index contributed by atoms with van der Waals surface area (Å²) in [5, 5.41) is 3.14. The Morgan fingerprint density at radius 2 is 1.85 bits per heavy atom. The van der Waals surface area contributed by atoms with Crippen LogP contribution in [-0.2, 0) is 4.79 Å². The lowest BCUT2D eigenvalue weighted by molar-refractivity contribution is -0.125. The first kappa shape index (κ1) is 13.0. The topological polar surface area (TPSA) is 42.2 Å². The maximum absolute atomic E-state index is 12.4. The van der Waals surface area contributed by atoms with Gasteiger partial charge in [0, 0.05) is 5.92 Å². The largest absolute Gasteiger partial charge is 0.467 e. The molecule has 1 aromatic carbocycles. The van der Waals surface area contributed by atoms with Gasteiger partial charge in [-0.05, 0) is 30.5 Å². The van der Waals surface area contributed by atoms with Crippen LogP contribution < -0.4 is 5.32 Å². The van der Waals surface area contributed by atoms with Crippen LogP contribution in [0.1, 0.15) is 43.0 Å². The lowest BCUT2D eigenvalue weighted by Gasteiger charge is -2.19. The minimum absolute atomic E-state index is 0.146. The first-order valence-electron chi connectivity index (χ1n) is 7.23. The lowest BCUT2D eigenvalue weighted by atomic mass is 10.0. The number of rotatable bonds is 4. The van der Waals surface area contributed by atoms with Gasteiger partial charge in [-0.2, -0.15) is 0 Å². The highest BCUT2D eigenvalue weighted by Crippen LogP contribution is 2.28. The number of hydrogen-bond donors (Lipinski definition) is 1. The molecule has 3 heteroatoms. The summed E-state index contributed by atoms with van der Waals surface area (Å²) < 4.78 is 5.50. The van der Waals surface area contributed by atoms with Gasteiger partial charge in [0.2, 0.25) is 5.91 Å². The summed E-state index contributed by atoms with van der Waals surface area (Å²) in [6.07, 6.45) is 5.98. The average Bonchev–Trinajstić information content (AvgIpc) is 3.18. The predicted octanol–water partition coefficient (Wildman–Crippen LogP) is 3.68. The Bertz CT molecular complexity index is 542. The zero-order valence-electron chi connectivity index (χ0n) is 11.4. The molecule has 3 nitrogen and oxygen atoms in total. The third-order valence-electron chi connectivity index (χ3n) is 3.97. The van der Waals surface area contributed by atoms with Gasteiger partial charge in [-0.15, -0.1) is 0 Å². The SMILES string of the molecule is O=C(N[C@H](c1ccccc1)c1ccco1)C1CCCC1. The minimum atomic E-state index is -0.195. The van der Waals surface area contributed by atoms with E-state index in [1.165, 1.54) is 0 Å². The molecule has 0 radical (unpaired) electrons. The molecule has 1 heterocycles. The van der Waals surface area contributed by atoms with Crippen LogP contribution in [0.25, 0.3) is 0 Å². The third kappa shape index (κ3) is 2.77. The quantitative estimate of drug-likeness (QED) is 0.920. The molecule has 1 atom stereocenters. The molecule has 1 saturated carbocycles. The van der Waals surface area contributed by atoms with Crippen LogP contribution in [0.5, 0.6) is 0 Å². The summed E-state index contributed by atoms with van der Waals surface area (Å²) in [5.41, 5.74) is 1.05. The second-order valence-corrected chi connectivity index (χ2v) is 5.35. The second-order valence-electron chi connectivity index (χ2n) is 5.35. The molecule has 1 fully saturated rings. The highest BCUT2D eigenvalue weighted by Gasteiger charge is 2.26. The molecule has 0 spiro atoms. The summed E-state index contributed by atoms with van der Waals surface area (Å²) in [6.45, 7) is 0. The highest BCUT2D eigenvalue weighted by atomic mass is 16.3. The summed E-state index contributed by atoms with van der Waals surface area (Å²) >= 11 is 0. The number of nitrogens with one attached hydrogen (secondary N) is 1. The first-order valence-corrected chi connectivity index (χ1v) is 7.23. The van der Waals surface area contributed by atoms with Crippen molar-refractivity contribution in [1.29, 1.82) is 0 Å². The normalized spacial score (nSPS) is 17.0. The van der Waals surface area contributed by atoms with Crippen LogP contribution in [0, 0.1) is 5.92 Å². The molecule has 1 aliphatic rings. The number of benzene rings is 1. The van der Waals surface area contributed by atoms with Crippen LogP contribution in [-0.4, -0.2) is 5.91 Å². The van der Waals surface area contributed by atoms with Crippen LogP contribution in [0.4, 0.5) is 0 Å². The van der Waals surface area contributed by atoms with Gasteiger partial charge >= 0.3 is 0 Å². The number of carbonyl (C=O) groups is 1. The number of carbonyl (C=O) groups excluding carboxylic acids is 1. The van der Waals surface area contributed by atoms with E-state index in [0.717, 1.165) is 37.0 Å². The van der Waals surface area contributed by atoms with Gasteiger partial charge in [-0.1, -0.05) is 43.2 Å². The van der Waals surface area contributed by atoms with E-state index in [0.29, 0.717) is 0 Å². The molecule has 104 valence electrons. The molecule has 0 aliphatic heterocycles. The van der Waals surface area contributed by atoms with Gasteiger partial charge in [0.1, 0.15) is 11.8 Å². The van der Waals surface area contributed by atoms with Gasteiger partial charge in [-0.25, -0.2) is 0 Å².